The van der Waals surface area contributed by atoms with Crippen molar-refractivity contribution in [3.8, 4) is 67.5 Å². The molecule has 0 unspecified atom stereocenters. The molecule has 0 bridgehead atoms. The number of hydrogen-bond acceptors (Lipinski definition) is 6. The van der Waals surface area contributed by atoms with Crippen LogP contribution in [-0.2, 0) is 101 Å². The van der Waals surface area contributed by atoms with Gasteiger partial charge in [-0.3, -0.25) is 0 Å². The van der Waals surface area contributed by atoms with Crippen LogP contribution in [-0.4, -0.2) is 29.9 Å². The molecule has 5 radical (unpaired) electrons. The van der Waals surface area contributed by atoms with E-state index in [0.717, 1.165) is 67.5 Å². The molecule has 6 heterocycles. The molecule has 11 heteroatoms. The van der Waals surface area contributed by atoms with E-state index in [0.29, 0.717) is 0 Å². The van der Waals surface area contributed by atoms with Crippen molar-refractivity contribution < 1.29 is 109 Å². The number of aryl methyl sites for hydroxylation is 7. The summed E-state index contributed by atoms with van der Waals surface area (Å²) in [7, 11) is 0. The number of rotatable bonds is 6. The van der Waals surface area contributed by atoms with Crippen molar-refractivity contribution in [2.24, 2.45) is 0 Å². The van der Waals surface area contributed by atoms with Crippen molar-refractivity contribution in [3.05, 3.63) is 349 Å². The van der Waals surface area contributed by atoms with E-state index in [1.807, 2.05) is 196 Å². The fourth-order valence-electron chi connectivity index (χ4n) is 9.14. The molecular formula is C81H74Ir5N6-6. The van der Waals surface area contributed by atoms with Crippen molar-refractivity contribution in [1.82, 2.24) is 29.9 Å². The molecule has 0 saturated heterocycles. The zero-order valence-corrected chi connectivity index (χ0v) is 63.8. The van der Waals surface area contributed by atoms with Crippen LogP contribution in [0.25, 0.3) is 89.1 Å². The average molecular weight is 2100 g/mol. The van der Waals surface area contributed by atoms with Crippen molar-refractivity contribution in [3.63, 3.8) is 0 Å². The third-order valence-electron chi connectivity index (χ3n) is 13.6. The molecule has 0 saturated carbocycles. The molecule has 479 valence electrons. The summed E-state index contributed by atoms with van der Waals surface area (Å²) >= 11 is 0. The fraction of sp³-hybridized carbons (Fsp3) is 0.0864. The zero-order chi connectivity index (χ0) is 64.6. The summed E-state index contributed by atoms with van der Waals surface area (Å²) in [5.41, 5.74) is 20.8. The third-order valence-corrected chi connectivity index (χ3v) is 13.6. The van der Waals surface area contributed by atoms with Gasteiger partial charge in [-0.15, -0.1) is 213 Å². The van der Waals surface area contributed by atoms with Crippen molar-refractivity contribution in [2.45, 2.75) is 48.5 Å². The van der Waals surface area contributed by atoms with Gasteiger partial charge < -0.3 is 29.9 Å². The van der Waals surface area contributed by atoms with Gasteiger partial charge in [-0.2, -0.15) is 0 Å². The predicted octanol–water partition coefficient (Wildman–Crippen LogP) is 20.7. The van der Waals surface area contributed by atoms with Crippen LogP contribution >= 0.6 is 0 Å². The third kappa shape index (κ3) is 23.5. The normalized spacial score (nSPS) is 9.86. The Morgan fingerprint density at radius 1 is 0.250 bits per heavy atom. The van der Waals surface area contributed by atoms with Gasteiger partial charge >= 0.3 is 0 Å². The number of benzene rings is 8. The molecular weight excluding hydrogens is 2020 g/mol. The zero-order valence-electron chi connectivity index (χ0n) is 55.8. The minimum Gasteiger partial charge on any atom is -0.305 e. The first-order chi connectivity index (χ1) is 44.5. The van der Waals surface area contributed by atoms with E-state index >= 15 is 0 Å². The Balaban J connectivity index is 0.00000113. The minimum atomic E-state index is 0. The summed E-state index contributed by atoms with van der Waals surface area (Å²) in [6.45, 7) is 14.5. The molecule has 0 N–H and O–H groups in total. The molecule has 14 aromatic rings. The number of nitrogens with zero attached hydrogens (tertiary/aromatic N) is 6. The molecule has 14 rings (SSSR count). The Bertz CT molecular complexity index is 4240. The first-order valence-electron chi connectivity index (χ1n) is 30.8. The molecule has 0 aliphatic heterocycles. The molecule has 6 aromatic heterocycles. The summed E-state index contributed by atoms with van der Waals surface area (Å²) in [4.78, 5) is 26.2. The number of hydrogen-bond donors (Lipinski definition) is 0. The Morgan fingerprint density at radius 2 is 0.576 bits per heavy atom. The van der Waals surface area contributed by atoms with Gasteiger partial charge in [0.15, 0.2) is 0 Å². The maximum Gasteiger partial charge on any atom is 0.0190 e. The molecule has 0 aliphatic carbocycles. The van der Waals surface area contributed by atoms with Crippen LogP contribution in [0.1, 0.15) is 47.7 Å². The number of aromatic nitrogens is 6. The standard InChI is InChI=1S/2C16H12N.C13H12N.3C12H10N.5Ir.4H2/c2*1-12-5-4-7-14(11-12)16-15-8-3-2-6-13(15)9-10-17-16;1-10-4-3-5-12(8-10)13-7-6-11(2)9-14-13;2*1-10-5-4-6-11(9-10)12-7-2-3-8-13-12;1-10-7-8-12(13-9-10)11-5-3-2-4-6-11;;;;;;;;;/h2*2-6,8-11H,1H3;3-4,6-9H,1-2H3;3*2-5,7-9H,1H3;;;;;;4*1H/q6*-1;;;;;;;;;/i;;;;;;;;;;;2*1+1D;2*1+1. The smallest absolute Gasteiger partial charge is 0.0190 e. The summed E-state index contributed by atoms with van der Waals surface area (Å²) in [6.07, 6.45) is 11.1. The van der Waals surface area contributed by atoms with Gasteiger partial charge in [0.05, 0.1) is 0 Å². The first kappa shape index (κ1) is 73.5. The average Bonchev–Trinajstić information content (AvgIpc) is 0.817. The van der Waals surface area contributed by atoms with Gasteiger partial charge in [-0.05, 0) is 105 Å². The van der Waals surface area contributed by atoms with E-state index in [2.05, 4.69) is 180 Å². The predicted molar refractivity (Wildman–Crippen MR) is 368 cm³/mol. The molecule has 0 fully saturated rings. The Morgan fingerprint density at radius 3 is 0.913 bits per heavy atom. The van der Waals surface area contributed by atoms with Crippen molar-refractivity contribution in [1.29, 1.82) is 0 Å². The topological polar surface area (TPSA) is 77.3 Å². The van der Waals surface area contributed by atoms with Crippen molar-refractivity contribution in [2.75, 3.05) is 0 Å². The van der Waals surface area contributed by atoms with Crippen LogP contribution < -0.4 is 0 Å². The van der Waals surface area contributed by atoms with Crippen LogP contribution in [0.2, 0.25) is 0 Å². The van der Waals surface area contributed by atoms with Crippen LogP contribution in [0.15, 0.2) is 274 Å². The second-order valence-corrected chi connectivity index (χ2v) is 20.8. The van der Waals surface area contributed by atoms with Gasteiger partial charge in [0.1, 0.15) is 0 Å². The quantitative estimate of drug-likeness (QED) is 0.154. The maximum atomic E-state index is 5.00. The van der Waals surface area contributed by atoms with Crippen LogP contribution in [0, 0.1) is 84.9 Å². The minimum absolute atomic E-state index is 0. The molecule has 0 amide bonds. The molecule has 8 aromatic carbocycles. The van der Waals surface area contributed by atoms with E-state index in [9.17, 15) is 0 Å². The summed E-state index contributed by atoms with van der Waals surface area (Å²) in [6, 6.07) is 98.1. The molecule has 92 heavy (non-hydrogen) atoms. The summed E-state index contributed by atoms with van der Waals surface area (Å²) in [5.74, 6) is 0. The summed E-state index contributed by atoms with van der Waals surface area (Å²) < 4.78 is 20.0. The van der Waals surface area contributed by atoms with Gasteiger partial charge in [-0.1, -0.05) is 132 Å². The largest absolute Gasteiger partial charge is 0.305 e. The Kier molecular flexibility index (Phi) is 32.3. The SMILES string of the molecule is Cc1cc[c-]c(-c2ccccn2)c1.Cc1cc[c-]c(-c2ccccn2)c1.Cc1cc[c-]c(-c2nccc3ccccc23)c1.Cc1cc[c-]c(-c2nccc3ccccc23)c1.Cc1ccc(-c2[c-]ccc(C)c2)nc1.Cc1ccc(-c2[c-]cccc2)nc1.[2HH].[2HH].[2H][2H].[2H][2H].[Ir].[Ir].[Ir].[Ir].[Ir]. The summed E-state index contributed by atoms with van der Waals surface area (Å²) in [5, 5.41) is 4.79. The van der Waals surface area contributed by atoms with Crippen molar-refractivity contribution >= 4 is 21.5 Å². The number of pyridine rings is 6. The van der Waals surface area contributed by atoms with E-state index in [1.165, 1.54) is 60.5 Å². The molecule has 0 spiro atoms. The van der Waals surface area contributed by atoms with Gasteiger partial charge in [0, 0.05) is 147 Å². The van der Waals surface area contributed by atoms with Crippen LogP contribution in [0.3, 0.4) is 0 Å². The second-order valence-electron chi connectivity index (χ2n) is 20.8. The first-order valence-corrected chi connectivity index (χ1v) is 28.8. The second kappa shape index (κ2) is 40.4. The van der Waals surface area contributed by atoms with E-state index in [1.54, 1.807) is 12.4 Å². The number of fused-ring (bicyclic) bond motifs is 2. The van der Waals surface area contributed by atoms with Gasteiger partial charge in [-0.25, -0.2) is 0 Å². The monoisotopic (exact) mass is 2100 g/mol. The van der Waals surface area contributed by atoms with Gasteiger partial charge in [0.25, 0.3) is 0 Å². The molecule has 0 atom stereocenters. The van der Waals surface area contributed by atoms with Gasteiger partial charge in [0.2, 0.25) is 0 Å². The van der Waals surface area contributed by atoms with Crippen LogP contribution in [0.4, 0.5) is 0 Å². The molecule has 0 aliphatic rings. The fourth-order valence-corrected chi connectivity index (χ4v) is 9.14. The Labute approximate surface area is 620 Å². The Hall–Kier alpha value is -7.57. The molecule has 6 nitrogen and oxygen atoms in total. The van der Waals surface area contributed by atoms with E-state index in [4.69, 9.17) is 5.94 Å². The van der Waals surface area contributed by atoms with Crippen LogP contribution in [0.5, 0.6) is 0 Å². The van der Waals surface area contributed by atoms with E-state index in [-0.39, 0.29) is 103 Å². The maximum absolute atomic E-state index is 5.00. The van der Waals surface area contributed by atoms with E-state index < -0.39 is 0 Å².